The molecule has 0 aromatic heterocycles. The summed E-state index contributed by atoms with van der Waals surface area (Å²) in [4.78, 5) is 1.28. The molecule has 12 heavy (non-hydrogen) atoms. The molecule has 2 heteroatoms. The highest BCUT2D eigenvalue weighted by atomic mass is 35.5. The van der Waals surface area contributed by atoms with Gasteiger partial charge in [-0.15, -0.1) is 11.8 Å². The fourth-order valence-electron chi connectivity index (χ4n) is 1.06. The summed E-state index contributed by atoms with van der Waals surface area (Å²) in [5.41, 5.74) is 1.25. The lowest BCUT2D eigenvalue weighted by atomic mass is 10.1. The lowest BCUT2D eigenvalue weighted by Gasteiger charge is -2.04. The molecule has 0 aliphatic carbocycles. The molecule has 0 unspecified atom stereocenters. The zero-order valence-corrected chi connectivity index (χ0v) is 8.58. The number of hydrogen-bond acceptors (Lipinski definition) is 1. The quantitative estimate of drug-likeness (QED) is 0.668. The maximum absolute atomic E-state index is 5.74. The van der Waals surface area contributed by atoms with Crippen LogP contribution in [-0.2, 0) is 6.42 Å². The lowest BCUT2D eigenvalue weighted by molar-refractivity contribution is 1.17. The van der Waals surface area contributed by atoms with E-state index in [2.05, 4.69) is 25.0 Å². The van der Waals surface area contributed by atoms with E-state index in [0.717, 1.165) is 6.42 Å². The number of thioether (sulfide) groups is 1. The summed E-state index contributed by atoms with van der Waals surface area (Å²) in [6, 6.07) is 8.24. The minimum Gasteiger partial charge on any atom is -0.129 e. The van der Waals surface area contributed by atoms with Gasteiger partial charge in [-0.1, -0.05) is 36.4 Å². The van der Waals surface area contributed by atoms with Gasteiger partial charge in [-0.3, -0.25) is 0 Å². The first kappa shape index (κ1) is 9.69. The van der Waals surface area contributed by atoms with Crippen molar-refractivity contribution in [2.75, 3.05) is 6.26 Å². The Hall–Kier alpha value is -0.400. The number of hydrogen-bond donors (Lipinski definition) is 0. The molecule has 0 N–H and O–H groups in total. The molecule has 0 spiro atoms. The van der Waals surface area contributed by atoms with Crippen LogP contribution in [0, 0.1) is 0 Å². The van der Waals surface area contributed by atoms with Crippen LogP contribution in [0.25, 0.3) is 0 Å². The van der Waals surface area contributed by atoms with Gasteiger partial charge in [0.1, 0.15) is 0 Å². The van der Waals surface area contributed by atoms with E-state index in [-0.39, 0.29) is 0 Å². The maximum atomic E-state index is 5.74. The third-order valence-corrected chi connectivity index (χ3v) is 2.55. The van der Waals surface area contributed by atoms with Crippen LogP contribution >= 0.6 is 23.4 Å². The second-order valence-electron chi connectivity index (χ2n) is 2.51. The average molecular weight is 199 g/mol. The monoisotopic (exact) mass is 198 g/mol. The second kappa shape index (κ2) is 4.58. The van der Waals surface area contributed by atoms with Crippen molar-refractivity contribution >= 4 is 23.4 Å². The van der Waals surface area contributed by atoms with E-state index >= 15 is 0 Å². The number of halogens is 1. The fraction of sp³-hybridized carbons (Fsp3) is 0.200. The van der Waals surface area contributed by atoms with Crippen molar-refractivity contribution in [3.8, 4) is 0 Å². The van der Waals surface area contributed by atoms with E-state index < -0.39 is 0 Å². The van der Waals surface area contributed by atoms with E-state index in [4.69, 9.17) is 11.6 Å². The molecule has 64 valence electrons. The molecule has 0 amide bonds. The Bertz CT molecular complexity index is 281. The molecule has 0 aliphatic heterocycles. The van der Waals surface area contributed by atoms with Gasteiger partial charge in [0, 0.05) is 16.3 Å². The largest absolute Gasteiger partial charge is 0.129 e. The molecular weight excluding hydrogens is 188 g/mol. The summed E-state index contributed by atoms with van der Waals surface area (Å²) in [5, 5.41) is 0.691. The third-order valence-electron chi connectivity index (χ3n) is 1.57. The number of allylic oxidation sites excluding steroid dienone is 1. The molecule has 0 bridgehead atoms. The van der Waals surface area contributed by atoms with Crippen molar-refractivity contribution in [3.05, 3.63) is 41.4 Å². The molecule has 0 radical (unpaired) electrons. The SMILES string of the molecule is C=C(Cl)Cc1ccccc1SC. The van der Waals surface area contributed by atoms with Gasteiger partial charge in [-0.25, -0.2) is 0 Å². The fourth-order valence-corrected chi connectivity index (χ4v) is 1.82. The highest BCUT2D eigenvalue weighted by Gasteiger charge is 2.00. The third kappa shape index (κ3) is 2.58. The summed E-state index contributed by atoms with van der Waals surface area (Å²) in [5.74, 6) is 0. The Kier molecular flexibility index (Phi) is 3.70. The predicted molar refractivity (Wildman–Crippen MR) is 56.9 cm³/mol. The van der Waals surface area contributed by atoms with Crippen molar-refractivity contribution < 1.29 is 0 Å². The average Bonchev–Trinajstić information content (AvgIpc) is 2.04. The molecule has 1 rings (SSSR count). The molecule has 0 aliphatic rings. The van der Waals surface area contributed by atoms with Gasteiger partial charge in [0.25, 0.3) is 0 Å². The number of benzene rings is 1. The van der Waals surface area contributed by atoms with Gasteiger partial charge in [-0.05, 0) is 17.9 Å². The Morgan fingerprint density at radius 1 is 1.50 bits per heavy atom. The highest BCUT2D eigenvalue weighted by Crippen LogP contribution is 2.22. The first-order valence-corrected chi connectivity index (χ1v) is 5.29. The van der Waals surface area contributed by atoms with Crippen molar-refractivity contribution in [2.45, 2.75) is 11.3 Å². The molecule has 0 saturated heterocycles. The first-order chi connectivity index (χ1) is 5.74. The standard InChI is InChI=1S/C10H11ClS/c1-8(11)7-9-5-3-4-6-10(9)12-2/h3-6H,1,7H2,2H3. The van der Waals surface area contributed by atoms with E-state index in [1.807, 2.05) is 12.1 Å². The van der Waals surface area contributed by atoms with Crippen LogP contribution in [-0.4, -0.2) is 6.26 Å². The number of rotatable bonds is 3. The molecule has 0 nitrogen and oxygen atoms in total. The van der Waals surface area contributed by atoms with Crippen molar-refractivity contribution in [3.63, 3.8) is 0 Å². The van der Waals surface area contributed by atoms with Crippen LogP contribution < -0.4 is 0 Å². The zero-order chi connectivity index (χ0) is 8.97. The van der Waals surface area contributed by atoms with Gasteiger partial charge in [0.15, 0.2) is 0 Å². The van der Waals surface area contributed by atoms with E-state index in [9.17, 15) is 0 Å². The summed E-state index contributed by atoms with van der Waals surface area (Å²) in [7, 11) is 0. The van der Waals surface area contributed by atoms with E-state index in [1.165, 1.54) is 10.5 Å². The molecule has 1 aromatic rings. The van der Waals surface area contributed by atoms with Crippen LogP contribution in [0.5, 0.6) is 0 Å². The normalized spacial score (nSPS) is 9.83. The van der Waals surface area contributed by atoms with Crippen LogP contribution in [0.15, 0.2) is 40.8 Å². The van der Waals surface area contributed by atoms with Crippen molar-refractivity contribution in [1.29, 1.82) is 0 Å². The molecule has 0 saturated carbocycles. The van der Waals surface area contributed by atoms with Gasteiger partial charge >= 0.3 is 0 Å². The summed E-state index contributed by atoms with van der Waals surface area (Å²) < 4.78 is 0. The Morgan fingerprint density at radius 3 is 2.75 bits per heavy atom. The van der Waals surface area contributed by atoms with Gasteiger partial charge in [-0.2, -0.15) is 0 Å². The lowest BCUT2D eigenvalue weighted by Crippen LogP contribution is -1.86. The van der Waals surface area contributed by atoms with Gasteiger partial charge in [0.05, 0.1) is 0 Å². The smallest absolute Gasteiger partial charge is 0.0153 e. The Morgan fingerprint density at radius 2 is 2.17 bits per heavy atom. The Balaban J connectivity index is 2.89. The van der Waals surface area contributed by atoms with Crippen LogP contribution in [0.1, 0.15) is 5.56 Å². The molecule has 0 atom stereocenters. The molecule has 0 heterocycles. The van der Waals surface area contributed by atoms with Gasteiger partial charge < -0.3 is 0 Å². The molecule has 0 fully saturated rings. The van der Waals surface area contributed by atoms with Crippen LogP contribution in [0.3, 0.4) is 0 Å². The summed E-state index contributed by atoms with van der Waals surface area (Å²) in [6.07, 6.45) is 2.83. The molecular formula is C10H11ClS. The minimum absolute atomic E-state index is 0.691. The van der Waals surface area contributed by atoms with Crippen molar-refractivity contribution in [2.24, 2.45) is 0 Å². The van der Waals surface area contributed by atoms with Crippen molar-refractivity contribution in [1.82, 2.24) is 0 Å². The minimum atomic E-state index is 0.691. The summed E-state index contributed by atoms with van der Waals surface area (Å²) >= 11 is 7.48. The highest BCUT2D eigenvalue weighted by molar-refractivity contribution is 7.98. The van der Waals surface area contributed by atoms with Crippen LogP contribution in [0.2, 0.25) is 0 Å². The van der Waals surface area contributed by atoms with Crippen LogP contribution in [0.4, 0.5) is 0 Å². The van der Waals surface area contributed by atoms with E-state index in [1.54, 1.807) is 11.8 Å². The molecule has 1 aromatic carbocycles. The summed E-state index contributed by atoms with van der Waals surface area (Å²) in [6.45, 7) is 3.68. The van der Waals surface area contributed by atoms with Gasteiger partial charge in [0.2, 0.25) is 0 Å². The second-order valence-corrected chi connectivity index (χ2v) is 3.89. The Labute approximate surface area is 82.6 Å². The first-order valence-electron chi connectivity index (χ1n) is 3.69. The maximum Gasteiger partial charge on any atom is 0.0153 e. The topological polar surface area (TPSA) is 0 Å². The predicted octanol–water partition coefficient (Wildman–Crippen LogP) is 3.70. The zero-order valence-electron chi connectivity index (χ0n) is 7.01. The van der Waals surface area contributed by atoms with E-state index in [0.29, 0.717) is 5.03 Å².